The van der Waals surface area contributed by atoms with E-state index in [9.17, 15) is 4.79 Å². The number of nitrogens with two attached hydrogens (primary N) is 1. The van der Waals surface area contributed by atoms with Crippen LogP contribution in [0.3, 0.4) is 0 Å². The standard InChI is InChI=1S/C25H31NO3S2/c1-24(2,3)29-23(27)25(4,5)18-30-17-7-6-8-19-9-11-20(12-10-19)28-21-13-15-22(31-26)16-14-21/h9-16H,7,17-18,26H2,1-5H3. The first-order chi connectivity index (χ1) is 14.6. The molecular weight excluding hydrogens is 426 g/mol. The Balaban J connectivity index is 1.75. The first kappa shape index (κ1) is 25.2. The van der Waals surface area contributed by atoms with E-state index in [1.165, 1.54) is 11.9 Å². The van der Waals surface area contributed by atoms with Gasteiger partial charge >= 0.3 is 5.97 Å². The van der Waals surface area contributed by atoms with E-state index in [0.29, 0.717) is 5.75 Å². The van der Waals surface area contributed by atoms with Crippen molar-refractivity contribution >= 4 is 29.7 Å². The lowest BCUT2D eigenvalue weighted by molar-refractivity contribution is -0.164. The second-order valence-electron chi connectivity index (χ2n) is 8.71. The molecular formula is C25H31NO3S2. The van der Waals surface area contributed by atoms with E-state index in [1.807, 2.05) is 83.1 Å². The summed E-state index contributed by atoms with van der Waals surface area (Å²) < 4.78 is 11.3. The molecule has 2 rings (SSSR count). The predicted octanol–water partition coefficient (Wildman–Crippen LogP) is 6.29. The van der Waals surface area contributed by atoms with Crippen molar-refractivity contribution in [1.29, 1.82) is 0 Å². The summed E-state index contributed by atoms with van der Waals surface area (Å²) in [5, 5.41) is 5.53. The van der Waals surface area contributed by atoms with Gasteiger partial charge in [-0.05, 0) is 95.1 Å². The topological polar surface area (TPSA) is 61.5 Å². The zero-order valence-corrected chi connectivity index (χ0v) is 20.5. The van der Waals surface area contributed by atoms with Crippen molar-refractivity contribution in [1.82, 2.24) is 0 Å². The first-order valence-electron chi connectivity index (χ1n) is 10.1. The van der Waals surface area contributed by atoms with Crippen LogP contribution in [0.1, 0.15) is 46.6 Å². The summed E-state index contributed by atoms with van der Waals surface area (Å²) in [5.41, 5.74) is -0.0226. The fourth-order valence-electron chi connectivity index (χ4n) is 2.42. The molecule has 2 aromatic carbocycles. The molecule has 0 spiro atoms. The molecule has 6 heteroatoms. The van der Waals surface area contributed by atoms with Crippen molar-refractivity contribution in [2.75, 3.05) is 11.5 Å². The van der Waals surface area contributed by atoms with Crippen molar-refractivity contribution in [3.05, 3.63) is 54.1 Å². The van der Waals surface area contributed by atoms with Crippen LogP contribution in [0.25, 0.3) is 0 Å². The Morgan fingerprint density at radius 3 is 2.10 bits per heavy atom. The maximum absolute atomic E-state index is 12.3. The smallest absolute Gasteiger partial charge is 0.312 e. The molecule has 0 aliphatic carbocycles. The summed E-state index contributed by atoms with van der Waals surface area (Å²) in [7, 11) is 0. The third-order valence-corrected chi connectivity index (χ3v) is 6.03. The van der Waals surface area contributed by atoms with E-state index in [-0.39, 0.29) is 5.97 Å². The highest BCUT2D eigenvalue weighted by molar-refractivity contribution is 7.99. The third-order valence-electron chi connectivity index (χ3n) is 4.07. The van der Waals surface area contributed by atoms with Crippen LogP contribution in [0.4, 0.5) is 0 Å². The van der Waals surface area contributed by atoms with Crippen LogP contribution in [-0.4, -0.2) is 23.1 Å². The van der Waals surface area contributed by atoms with Crippen LogP contribution < -0.4 is 9.88 Å². The zero-order valence-electron chi connectivity index (χ0n) is 18.9. The molecule has 0 fully saturated rings. The zero-order chi connectivity index (χ0) is 22.9. The second kappa shape index (κ2) is 11.5. The van der Waals surface area contributed by atoms with E-state index >= 15 is 0 Å². The van der Waals surface area contributed by atoms with E-state index in [4.69, 9.17) is 14.6 Å². The highest BCUT2D eigenvalue weighted by Crippen LogP contribution is 2.26. The minimum absolute atomic E-state index is 0.157. The van der Waals surface area contributed by atoms with Gasteiger partial charge in [0, 0.05) is 28.4 Å². The molecule has 0 bridgehead atoms. The van der Waals surface area contributed by atoms with Gasteiger partial charge in [-0.1, -0.05) is 11.8 Å². The van der Waals surface area contributed by atoms with Crippen LogP contribution in [0.15, 0.2) is 53.4 Å². The van der Waals surface area contributed by atoms with Crippen LogP contribution in [0.2, 0.25) is 0 Å². The molecule has 0 atom stereocenters. The van der Waals surface area contributed by atoms with Crippen LogP contribution in [-0.2, 0) is 9.53 Å². The van der Waals surface area contributed by atoms with Crippen molar-refractivity contribution in [2.45, 2.75) is 51.5 Å². The van der Waals surface area contributed by atoms with Gasteiger partial charge in [-0.2, -0.15) is 11.8 Å². The Labute approximate surface area is 194 Å². The summed E-state index contributed by atoms with van der Waals surface area (Å²) in [5.74, 6) is 9.32. The van der Waals surface area contributed by atoms with E-state index in [1.54, 1.807) is 11.8 Å². The lowest BCUT2D eigenvalue weighted by Crippen LogP contribution is -2.35. The molecule has 0 saturated carbocycles. The number of hydrogen-bond donors (Lipinski definition) is 1. The van der Waals surface area contributed by atoms with Gasteiger partial charge < -0.3 is 9.47 Å². The predicted molar refractivity (Wildman–Crippen MR) is 131 cm³/mol. The molecule has 0 aliphatic rings. The van der Waals surface area contributed by atoms with Gasteiger partial charge in [0.15, 0.2) is 0 Å². The van der Waals surface area contributed by atoms with Crippen molar-refractivity contribution in [3.8, 4) is 23.3 Å². The third kappa shape index (κ3) is 9.30. The normalized spacial score (nSPS) is 11.4. The maximum atomic E-state index is 12.3. The molecule has 0 radical (unpaired) electrons. The quantitative estimate of drug-likeness (QED) is 0.218. The van der Waals surface area contributed by atoms with E-state index < -0.39 is 11.0 Å². The minimum atomic E-state index is -0.509. The molecule has 2 N–H and O–H groups in total. The number of thioether (sulfide) groups is 1. The molecule has 2 aromatic rings. The van der Waals surface area contributed by atoms with Gasteiger partial charge in [0.25, 0.3) is 0 Å². The first-order valence-corrected chi connectivity index (χ1v) is 12.2. The number of carbonyl (C=O) groups is 1. The Hall–Kier alpha value is -2.07. The lowest BCUT2D eigenvalue weighted by atomic mass is 9.96. The number of carbonyl (C=O) groups excluding carboxylic acids is 1. The van der Waals surface area contributed by atoms with Crippen LogP contribution in [0.5, 0.6) is 11.5 Å². The number of benzene rings is 2. The fourth-order valence-corrected chi connectivity index (χ4v) is 3.73. The summed E-state index contributed by atoms with van der Waals surface area (Å²) in [6.07, 6.45) is 0.763. The molecule has 0 heterocycles. The maximum Gasteiger partial charge on any atom is 0.312 e. The summed E-state index contributed by atoms with van der Waals surface area (Å²) in [6, 6.07) is 15.4. The van der Waals surface area contributed by atoms with Crippen molar-refractivity contribution in [3.63, 3.8) is 0 Å². The summed E-state index contributed by atoms with van der Waals surface area (Å²) in [6.45, 7) is 9.52. The molecule has 0 amide bonds. The lowest BCUT2D eigenvalue weighted by Gasteiger charge is -2.28. The molecule has 0 aliphatic heterocycles. The molecule has 31 heavy (non-hydrogen) atoms. The Bertz CT molecular complexity index is 905. The Kier molecular flexibility index (Phi) is 9.36. The Morgan fingerprint density at radius 2 is 1.55 bits per heavy atom. The number of rotatable bonds is 8. The average Bonchev–Trinajstić information content (AvgIpc) is 2.71. The molecule has 4 nitrogen and oxygen atoms in total. The van der Waals surface area contributed by atoms with Gasteiger partial charge in [0.1, 0.15) is 17.1 Å². The number of hydrogen-bond acceptors (Lipinski definition) is 6. The molecule has 166 valence electrons. The average molecular weight is 458 g/mol. The van der Waals surface area contributed by atoms with E-state index in [2.05, 4.69) is 11.8 Å². The van der Waals surface area contributed by atoms with Crippen LogP contribution in [0, 0.1) is 17.3 Å². The highest BCUT2D eigenvalue weighted by atomic mass is 32.2. The van der Waals surface area contributed by atoms with E-state index in [0.717, 1.165) is 34.1 Å². The molecule has 0 unspecified atom stereocenters. The highest BCUT2D eigenvalue weighted by Gasteiger charge is 2.32. The van der Waals surface area contributed by atoms with Gasteiger partial charge in [0.05, 0.1) is 5.41 Å². The molecule has 0 aromatic heterocycles. The Morgan fingerprint density at radius 1 is 0.968 bits per heavy atom. The molecule has 0 saturated heterocycles. The summed E-state index contributed by atoms with van der Waals surface area (Å²) >= 11 is 2.93. The minimum Gasteiger partial charge on any atom is -0.460 e. The van der Waals surface area contributed by atoms with Gasteiger partial charge in [-0.15, -0.1) is 0 Å². The summed E-state index contributed by atoms with van der Waals surface area (Å²) in [4.78, 5) is 13.3. The second-order valence-corrected chi connectivity index (χ2v) is 10.5. The largest absolute Gasteiger partial charge is 0.460 e. The fraction of sp³-hybridized carbons (Fsp3) is 0.400. The number of esters is 1. The van der Waals surface area contributed by atoms with Crippen molar-refractivity contribution < 1.29 is 14.3 Å². The van der Waals surface area contributed by atoms with Gasteiger partial charge in [-0.3, -0.25) is 9.93 Å². The van der Waals surface area contributed by atoms with Crippen LogP contribution >= 0.6 is 23.7 Å². The number of ether oxygens (including phenoxy) is 2. The SMILES string of the molecule is CC(C)(C)OC(=O)C(C)(C)CSCCC#Cc1ccc(Oc2ccc(SN)cc2)cc1. The van der Waals surface area contributed by atoms with Gasteiger partial charge in [0.2, 0.25) is 0 Å². The monoisotopic (exact) mass is 457 g/mol. The van der Waals surface area contributed by atoms with Crippen molar-refractivity contribution in [2.24, 2.45) is 10.6 Å². The van der Waals surface area contributed by atoms with Gasteiger partial charge in [-0.25, -0.2) is 0 Å².